The van der Waals surface area contributed by atoms with Gasteiger partial charge >= 0.3 is 0 Å². The molecule has 0 saturated carbocycles. The molecule has 2 radical (unpaired) electrons. The maximum absolute atomic E-state index is 7.20. The maximum atomic E-state index is 7.20. The van der Waals surface area contributed by atoms with E-state index in [9.17, 15) is 0 Å². The van der Waals surface area contributed by atoms with Crippen LogP contribution in [0.1, 0.15) is 0 Å². The predicted octanol–water partition coefficient (Wildman–Crippen LogP) is 4.70. The summed E-state index contributed by atoms with van der Waals surface area (Å²) in [6, 6.07) is 42.2. The molecule has 0 nitrogen and oxygen atoms in total. The second-order valence-corrected chi connectivity index (χ2v) is 14.2. The lowest BCUT2D eigenvalue weighted by Crippen LogP contribution is -2.33. The number of hydrogen-bond donors (Lipinski definition) is 0. The zero-order chi connectivity index (χ0) is 20.1. The maximum Gasteiger partial charge on any atom is 0.133 e. The molecule has 140 valence electrons. The first-order chi connectivity index (χ1) is 14.2. The van der Waals surface area contributed by atoms with Gasteiger partial charge in [0.25, 0.3) is 0 Å². The van der Waals surface area contributed by atoms with Gasteiger partial charge in [0.2, 0.25) is 0 Å². The summed E-state index contributed by atoms with van der Waals surface area (Å²) in [6.45, 7) is -2.26. The minimum atomic E-state index is -2.26. The average molecular weight is 426 g/mol. The summed E-state index contributed by atoms with van der Waals surface area (Å²) in [6.07, 6.45) is 0. The van der Waals surface area contributed by atoms with Gasteiger partial charge in [-0.2, -0.15) is 0 Å². The molecule has 4 rings (SSSR count). The molecule has 0 bridgehead atoms. The fraction of sp³-hybridized carbons (Fsp3) is 0.0400. The van der Waals surface area contributed by atoms with E-state index in [0.29, 0.717) is 0 Å². The molecular formula is C25H21BP2S. The summed E-state index contributed by atoms with van der Waals surface area (Å²) < 4.78 is 0. The van der Waals surface area contributed by atoms with E-state index in [1.54, 1.807) is 0 Å². The minimum Gasteiger partial charge on any atom is -0.546 e. The first-order valence-corrected chi connectivity index (χ1v) is 13.9. The zero-order valence-electron chi connectivity index (χ0n) is 16.0. The highest BCUT2D eigenvalue weighted by molar-refractivity contribution is 8.50. The highest BCUT2D eigenvalue weighted by Gasteiger charge is 2.40. The van der Waals surface area contributed by atoms with Crippen molar-refractivity contribution in [2.75, 3.05) is 0 Å². The molecule has 1 atom stereocenters. The fourth-order valence-corrected chi connectivity index (χ4v) is 12.1. The van der Waals surface area contributed by atoms with Crippen LogP contribution in [0.4, 0.5) is 0 Å². The summed E-state index contributed by atoms with van der Waals surface area (Å²) in [5.74, 6) is 0. The standard InChI is InChI=1S/C25H21BP2S/c26-25(27(21-13-5-1-6-14-21)22-15-7-2-8-16-22)28(29,23-17-9-3-10-18-23)24-19-11-4-12-20-24/h1-20,25H. The number of rotatable bonds is 6. The Kier molecular flexibility index (Phi) is 6.56. The Bertz CT molecular complexity index is 948. The van der Waals surface area contributed by atoms with E-state index >= 15 is 0 Å². The van der Waals surface area contributed by atoms with Crippen molar-refractivity contribution in [2.24, 2.45) is 0 Å². The van der Waals surface area contributed by atoms with Crippen LogP contribution in [0.5, 0.6) is 0 Å². The fourth-order valence-electron chi connectivity index (χ4n) is 3.55. The Hall–Kier alpha value is -1.85. The Balaban J connectivity index is 1.91. The van der Waals surface area contributed by atoms with Crippen LogP contribution < -0.4 is 21.2 Å². The van der Waals surface area contributed by atoms with E-state index in [1.807, 2.05) is 12.1 Å². The Labute approximate surface area is 182 Å². The van der Waals surface area contributed by atoms with Gasteiger partial charge in [0.15, 0.2) is 0 Å². The number of benzene rings is 4. The van der Waals surface area contributed by atoms with Gasteiger partial charge in [-0.05, 0) is 49.3 Å². The van der Waals surface area contributed by atoms with Gasteiger partial charge < -0.3 is 12.2 Å². The minimum absolute atomic E-state index is 0.165. The number of hydrogen-bond acceptors (Lipinski definition) is 1. The molecule has 29 heavy (non-hydrogen) atoms. The van der Waals surface area contributed by atoms with Gasteiger partial charge in [-0.1, -0.05) is 97.1 Å². The molecule has 0 N–H and O–H groups in total. The lowest BCUT2D eigenvalue weighted by atomic mass is 10.2. The smallest absolute Gasteiger partial charge is 0.133 e. The summed E-state index contributed by atoms with van der Waals surface area (Å²) >= 11 is 6.54. The van der Waals surface area contributed by atoms with Crippen molar-refractivity contribution in [3.63, 3.8) is 0 Å². The van der Waals surface area contributed by atoms with Crippen LogP contribution >= 0.6 is 14.4 Å². The third-order valence-electron chi connectivity index (χ3n) is 4.99. The molecular weight excluding hydrogens is 405 g/mol. The van der Waals surface area contributed by atoms with Crippen molar-refractivity contribution in [3.8, 4) is 0 Å². The van der Waals surface area contributed by atoms with E-state index in [0.717, 1.165) is 0 Å². The highest BCUT2D eigenvalue weighted by Crippen LogP contribution is 2.67. The van der Waals surface area contributed by atoms with Crippen LogP contribution in [0.15, 0.2) is 121 Å². The lowest BCUT2D eigenvalue weighted by molar-refractivity contribution is 1.70. The van der Waals surface area contributed by atoms with Gasteiger partial charge in [0, 0.05) is 5.30 Å². The van der Waals surface area contributed by atoms with Crippen molar-refractivity contribution in [1.29, 1.82) is 0 Å². The second kappa shape index (κ2) is 9.31. The van der Waals surface area contributed by atoms with Gasteiger partial charge in [-0.3, -0.25) is 0 Å². The molecule has 0 aliphatic carbocycles. The summed E-state index contributed by atoms with van der Waals surface area (Å²) in [4.78, 5) is 0. The van der Waals surface area contributed by atoms with Crippen molar-refractivity contribution in [1.82, 2.24) is 0 Å². The third-order valence-corrected chi connectivity index (χ3v) is 14.2. The highest BCUT2D eigenvalue weighted by atomic mass is 32.7. The van der Waals surface area contributed by atoms with Crippen molar-refractivity contribution < 1.29 is 0 Å². The van der Waals surface area contributed by atoms with Gasteiger partial charge in [-0.25, -0.2) is 0 Å². The van der Waals surface area contributed by atoms with Gasteiger partial charge in [0.05, 0.1) is 10.6 Å². The molecule has 4 heteroatoms. The average Bonchev–Trinajstić information content (AvgIpc) is 2.81. The predicted molar refractivity (Wildman–Crippen MR) is 135 cm³/mol. The van der Waals surface area contributed by atoms with E-state index < -0.39 is 14.4 Å². The Morgan fingerprint density at radius 2 is 0.862 bits per heavy atom. The van der Waals surface area contributed by atoms with Crippen molar-refractivity contribution in [2.45, 2.75) is 5.30 Å². The normalized spacial score (nSPS) is 12.6. The molecule has 0 fully saturated rings. The van der Waals surface area contributed by atoms with Crippen molar-refractivity contribution in [3.05, 3.63) is 121 Å². The van der Waals surface area contributed by atoms with Gasteiger partial charge in [-0.15, -0.1) is 0 Å². The van der Waals surface area contributed by atoms with Crippen LogP contribution in [0.3, 0.4) is 0 Å². The van der Waals surface area contributed by atoms with Crippen LogP contribution in [-0.2, 0) is 12.2 Å². The van der Waals surface area contributed by atoms with Gasteiger partial charge in [0.1, 0.15) is 7.85 Å². The van der Waals surface area contributed by atoms with Crippen LogP contribution in [-0.4, -0.2) is 13.1 Å². The third kappa shape index (κ3) is 4.22. The summed E-state index contributed by atoms with van der Waals surface area (Å²) in [5, 5.41) is 4.72. The zero-order valence-corrected chi connectivity index (χ0v) is 18.6. The SMILES string of the molecule is [B]C(P(c1ccccc1)c1ccccc1)[P+]([S-])(c1ccccc1)c1ccccc1. The first kappa shape index (κ1) is 20.4. The molecule has 0 aliphatic heterocycles. The van der Waals surface area contributed by atoms with Crippen molar-refractivity contribution >= 4 is 55.7 Å². The molecule has 0 heterocycles. The van der Waals surface area contributed by atoms with E-state index in [4.69, 9.17) is 20.1 Å². The van der Waals surface area contributed by atoms with E-state index in [1.165, 1.54) is 21.2 Å². The quantitative estimate of drug-likeness (QED) is 0.245. The largest absolute Gasteiger partial charge is 0.546 e. The lowest BCUT2D eigenvalue weighted by Gasteiger charge is -2.43. The molecule has 0 aliphatic rings. The van der Waals surface area contributed by atoms with E-state index in [2.05, 4.69) is 109 Å². The van der Waals surface area contributed by atoms with Crippen LogP contribution in [0.25, 0.3) is 0 Å². The molecule has 4 aromatic rings. The second-order valence-electron chi connectivity index (χ2n) is 6.78. The summed E-state index contributed by atoms with van der Waals surface area (Å²) in [7, 11) is 6.37. The molecule has 0 aromatic heterocycles. The van der Waals surface area contributed by atoms with Crippen LogP contribution in [0.2, 0.25) is 0 Å². The first-order valence-electron chi connectivity index (χ1n) is 9.57. The summed E-state index contributed by atoms with van der Waals surface area (Å²) in [5.41, 5.74) is 0. The molecule has 1 unspecified atom stereocenters. The molecule has 0 amide bonds. The molecule has 0 saturated heterocycles. The Morgan fingerprint density at radius 1 is 0.552 bits per heavy atom. The molecule has 4 aromatic carbocycles. The van der Waals surface area contributed by atoms with E-state index in [-0.39, 0.29) is 5.30 Å². The monoisotopic (exact) mass is 426 g/mol. The molecule has 0 spiro atoms. The topological polar surface area (TPSA) is 0 Å². The van der Waals surface area contributed by atoms with Crippen LogP contribution in [0, 0.1) is 0 Å². The Morgan fingerprint density at radius 3 is 1.21 bits per heavy atom.